The second-order valence-corrected chi connectivity index (χ2v) is 9.99. The molecule has 4 heterocycles. The first-order chi connectivity index (χ1) is 18.9. The maximum atomic E-state index is 13.1. The third-order valence-electron chi connectivity index (χ3n) is 6.35. The number of rotatable bonds is 6. The van der Waals surface area contributed by atoms with Gasteiger partial charge in [0.1, 0.15) is 0 Å². The standard InChI is InChI=1S/C30H20Cl2N4O3/c31-19-5-1-3-17(11-19)13-21-15-25-27(35-21)23(7-9-33-25)29(37)39-30(38)24-8-10-34-26-16-22(36-28(24)26)14-18-4-2-6-20(32)12-18/h1-12,15-16,35-36H,13-14H2. The Balaban J connectivity index is 1.24. The highest BCUT2D eigenvalue weighted by Gasteiger charge is 2.22. The average Bonchev–Trinajstić information content (AvgIpc) is 3.51. The van der Waals surface area contributed by atoms with Crippen LogP contribution in [0.3, 0.4) is 0 Å². The van der Waals surface area contributed by atoms with Crippen LogP contribution in [0.1, 0.15) is 43.2 Å². The molecule has 0 aliphatic rings. The lowest BCUT2D eigenvalue weighted by molar-refractivity contribution is 0.0400. The van der Waals surface area contributed by atoms with Crippen molar-refractivity contribution in [2.75, 3.05) is 0 Å². The van der Waals surface area contributed by atoms with Crippen LogP contribution in [0.2, 0.25) is 10.0 Å². The Labute approximate surface area is 232 Å². The molecule has 9 heteroatoms. The number of aromatic amines is 2. The van der Waals surface area contributed by atoms with Gasteiger partial charge in [-0.3, -0.25) is 9.97 Å². The number of H-pyrrole nitrogens is 2. The molecule has 4 aromatic heterocycles. The van der Waals surface area contributed by atoms with Gasteiger partial charge in [0.2, 0.25) is 0 Å². The second kappa shape index (κ2) is 10.4. The Morgan fingerprint density at radius 3 is 1.56 bits per heavy atom. The summed E-state index contributed by atoms with van der Waals surface area (Å²) in [6.07, 6.45) is 4.17. The highest BCUT2D eigenvalue weighted by atomic mass is 35.5. The number of nitrogens with one attached hydrogen (secondary N) is 2. The fraction of sp³-hybridized carbons (Fsp3) is 0.0667. The van der Waals surface area contributed by atoms with Gasteiger partial charge in [-0.05, 0) is 59.7 Å². The molecule has 6 aromatic rings. The number of carbonyl (C=O) groups excluding carboxylic acids is 2. The van der Waals surface area contributed by atoms with Crippen LogP contribution in [0, 0.1) is 0 Å². The molecule has 7 nitrogen and oxygen atoms in total. The number of esters is 2. The molecule has 39 heavy (non-hydrogen) atoms. The fourth-order valence-corrected chi connectivity index (χ4v) is 5.05. The van der Waals surface area contributed by atoms with E-state index in [1.807, 2.05) is 60.7 Å². The molecule has 0 aliphatic carbocycles. The number of nitrogens with zero attached hydrogens (tertiary/aromatic N) is 2. The summed E-state index contributed by atoms with van der Waals surface area (Å²) in [7, 11) is 0. The summed E-state index contributed by atoms with van der Waals surface area (Å²) in [5, 5.41) is 1.29. The van der Waals surface area contributed by atoms with Gasteiger partial charge in [-0.15, -0.1) is 0 Å². The lowest BCUT2D eigenvalue weighted by Crippen LogP contribution is -2.14. The molecule has 0 fully saturated rings. The van der Waals surface area contributed by atoms with Gasteiger partial charge in [0, 0.05) is 46.7 Å². The Morgan fingerprint density at radius 1 is 0.667 bits per heavy atom. The normalized spacial score (nSPS) is 11.2. The molecular weight excluding hydrogens is 535 g/mol. The van der Waals surface area contributed by atoms with E-state index in [-0.39, 0.29) is 11.1 Å². The van der Waals surface area contributed by atoms with Crippen molar-refractivity contribution in [2.45, 2.75) is 12.8 Å². The van der Waals surface area contributed by atoms with Crippen LogP contribution in [0.25, 0.3) is 22.1 Å². The second-order valence-electron chi connectivity index (χ2n) is 9.12. The van der Waals surface area contributed by atoms with E-state index in [9.17, 15) is 9.59 Å². The number of pyridine rings is 2. The minimum atomic E-state index is -0.778. The van der Waals surface area contributed by atoms with Gasteiger partial charge in [0.15, 0.2) is 0 Å². The molecule has 0 atom stereocenters. The number of fused-ring (bicyclic) bond motifs is 2. The van der Waals surface area contributed by atoms with Crippen molar-refractivity contribution in [3.8, 4) is 0 Å². The number of carbonyl (C=O) groups is 2. The molecule has 0 bridgehead atoms. The van der Waals surface area contributed by atoms with Gasteiger partial charge in [-0.1, -0.05) is 47.5 Å². The summed E-state index contributed by atoms with van der Waals surface area (Å²) in [6.45, 7) is 0. The van der Waals surface area contributed by atoms with Gasteiger partial charge in [-0.2, -0.15) is 0 Å². The highest BCUT2D eigenvalue weighted by Crippen LogP contribution is 2.24. The zero-order chi connectivity index (χ0) is 26.9. The lowest BCUT2D eigenvalue weighted by atomic mass is 10.1. The Morgan fingerprint density at radius 2 is 1.13 bits per heavy atom. The van der Waals surface area contributed by atoms with E-state index < -0.39 is 11.9 Å². The van der Waals surface area contributed by atoms with E-state index in [0.29, 0.717) is 45.0 Å². The first-order valence-corrected chi connectivity index (χ1v) is 12.9. The molecule has 2 aromatic carbocycles. The van der Waals surface area contributed by atoms with Crippen molar-refractivity contribution >= 4 is 57.2 Å². The SMILES string of the molecule is O=C(OC(=O)c1ccnc2cc(Cc3cccc(Cl)c3)[nH]c12)c1ccnc2cc(Cc3cccc(Cl)c3)[nH]c12. The number of hydrogen-bond donors (Lipinski definition) is 2. The fourth-order valence-electron chi connectivity index (χ4n) is 4.62. The van der Waals surface area contributed by atoms with E-state index >= 15 is 0 Å². The van der Waals surface area contributed by atoms with E-state index in [1.54, 1.807) is 0 Å². The van der Waals surface area contributed by atoms with E-state index in [0.717, 1.165) is 22.5 Å². The van der Waals surface area contributed by atoms with E-state index in [1.165, 1.54) is 24.5 Å². The van der Waals surface area contributed by atoms with Gasteiger partial charge in [-0.25, -0.2) is 9.59 Å². The first kappa shape index (κ1) is 24.9. The first-order valence-electron chi connectivity index (χ1n) is 12.1. The highest BCUT2D eigenvalue weighted by molar-refractivity contribution is 6.30. The van der Waals surface area contributed by atoms with Crippen LogP contribution in [-0.4, -0.2) is 31.9 Å². The third-order valence-corrected chi connectivity index (χ3v) is 6.82. The van der Waals surface area contributed by atoms with Crippen molar-refractivity contribution in [2.24, 2.45) is 0 Å². The van der Waals surface area contributed by atoms with Crippen molar-refractivity contribution in [1.29, 1.82) is 0 Å². The molecule has 0 saturated heterocycles. The van der Waals surface area contributed by atoms with Gasteiger partial charge < -0.3 is 14.7 Å². The summed E-state index contributed by atoms with van der Waals surface area (Å²) in [5.41, 5.74) is 6.32. The maximum Gasteiger partial charge on any atom is 0.348 e. The maximum absolute atomic E-state index is 13.1. The monoisotopic (exact) mass is 554 g/mol. The predicted octanol–water partition coefficient (Wildman–Crippen LogP) is 6.92. The molecule has 2 N–H and O–H groups in total. The smallest absolute Gasteiger partial charge is 0.348 e. The number of hydrogen-bond acceptors (Lipinski definition) is 5. The quantitative estimate of drug-likeness (QED) is 0.172. The van der Waals surface area contributed by atoms with Crippen LogP contribution in [0.15, 0.2) is 85.2 Å². The molecule has 0 aliphatic heterocycles. The molecule has 0 unspecified atom stereocenters. The summed E-state index contributed by atoms with van der Waals surface area (Å²) >= 11 is 12.2. The van der Waals surface area contributed by atoms with Crippen molar-refractivity contribution in [1.82, 2.24) is 19.9 Å². The lowest BCUT2D eigenvalue weighted by Gasteiger charge is -2.05. The zero-order valence-electron chi connectivity index (χ0n) is 20.4. The third kappa shape index (κ3) is 5.27. The minimum Gasteiger partial charge on any atom is -0.386 e. The average molecular weight is 555 g/mol. The molecular formula is C30H20Cl2N4O3. The number of halogens is 2. The van der Waals surface area contributed by atoms with Crippen LogP contribution in [0.4, 0.5) is 0 Å². The molecule has 6 rings (SSSR count). The Bertz CT molecular complexity index is 1740. The van der Waals surface area contributed by atoms with Crippen molar-refractivity contribution in [3.63, 3.8) is 0 Å². The summed E-state index contributed by atoms with van der Waals surface area (Å²) in [5.74, 6) is -1.56. The molecule has 192 valence electrons. The minimum absolute atomic E-state index is 0.212. The van der Waals surface area contributed by atoms with Gasteiger partial charge in [0.25, 0.3) is 0 Å². The predicted molar refractivity (Wildman–Crippen MR) is 150 cm³/mol. The van der Waals surface area contributed by atoms with Crippen molar-refractivity contribution < 1.29 is 14.3 Å². The van der Waals surface area contributed by atoms with Crippen LogP contribution in [-0.2, 0) is 17.6 Å². The Kier molecular flexibility index (Phi) is 6.60. The summed E-state index contributed by atoms with van der Waals surface area (Å²) in [6, 6.07) is 21.9. The topological polar surface area (TPSA) is 101 Å². The molecule has 0 radical (unpaired) electrons. The summed E-state index contributed by atoms with van der Waals surface area (Å²) in [4.78, 5) is 41.4. The van der Waals surface area contributed by atoms with Crippen LogP contribution < -0.4 is 0 Å². The number of ether oxygens (including phenoxy) is 1. The molecule has 0 saturated carbocycles. The van der Waals surface area contributed by atoms with Crippen LogP contribution >= 0.6 is 23.2 Å². The van der Waals surface area contributed by atoms with E-state index in [4.69, 9.17) is 27.9 Å². The number of aromatic nitrogens is 4. The summed E-state index contributed by atoms with van der Waals surface area (Å²) < 4.78 is 5.32. The van der Waals surface area contributed by atoms with Crippen LogP contribution in [0.5, 0.6) is 0 Å². The molecule has 0 amide bonds. The van der Waals surface area contributed by atoms with E-state index in [2.05, 4.69) is 19.9 Å². The largest absolute Gasteiger partial charge is 0.386 e. The molecule has 0 spiro atoms. The van der Waals surface area contributed by atoms with Gasteiger partial charge >= 0.3 is 11.9 Å². The van der Waals surface area contributed by atoms with Crippen molar-refractivity contribution in [3.05, 3.63) is 129 Å². The Hall–Kier alpha value is -4.46. The zero-order valence-corrected chi connectivity index (χ0v) is 21.9. The van der Waals surface area contributed by atoms with Gasteiger partial charge in [0.05, 0.1) is 33.2 Å². The number of benzene rings is 2.